The van der Waals surface area contributed by atoms with Crippen LogP contribution in [0.2, 0.25) is 0 Å². The van der Waals surface area contributed by atoms with Crippen LogP contribution in [0, 0.1) is 6.92 Å². The van der Waals surface area contributed by atoms with Crippen molar-refractivity contribution in [1.82, 2.24) is 0 Å². The second kappa shape index (κ2) is 14.6. The summed E-state index contributed by atoms with van der Waals surface area (Å²) in [4.78, 5) is 5.32. The number of aryl methyl sites for hydroxylation is 1. The molecule has 0 spiro atoms. The Balaban J connectivity index is 1.37. The zero-order valence-electron chi connectivity index (χ0n) is 41.5. The molecule has 0 N–H and O–H groups in total. The molecule has 0 aromatic heterocycles. The Labute approximate surface area is 390 Å². The molecule has 10 rings (SSSR count). The maximum atomic E-state index is 2.69. The van der Waals surface area contributed by atoms with Gasteiger partial charge in [-0.1, -0.05) is 187 Å². The number of hydrogen-bond acceptors (Lipinski definition) is 2. The summed E-state index contributed by atoms with van der Waals surface area (Å²) in [6.07, 6.45) is 1.11. The van der Waals surface area contributed by atoms with Gasteiger partial charge in [0, 0.05) is 34.0 Å². The van der Waals surface area contributed by atoms with E-state index >= 15 is 0 Å². The standard InChI is InChI=1S/C62H67BN2/c1-39-31-43(58(2,3)4)26-29-51(39)64-53-28-25-42(40-21-17-15-18-22-40)32-49(53)63-50-36-47-48(62(13,14)38-61(47,11)12)37-54(50)65(56-35-45(60(8,9)10)34-55(64)57(56)63)52-30-27-44(59(5,6)7)33-46(52)41-23-19-16-20-24-41/h15-37H,38H2,1-14H3. The summed E-state index contributed by atoms with van der Waals surface area (Å²) in [5.74, 6) is 0. The van der Waals surface area contributed by atoms with Crippen LogP contribution in [0.25, 0.3) is 22.3 Å². The van der Waals surface area contributed by atoms with Crippen LogP contribution in [0.4, 0.5) is 34.1 Å². The summed E-state index contributed by atoms with van der Waals surface area (Å²) in [6.45, 7) is 33.3. The van der Waals surface area contributed by atoms with Crippen molar-refractivity contribution in [2.45, 2.75) is 130 Å². The minimum absolute atomic E-state index is 0.00294. The number of fused-ring (bicyclic) bond motifs is 5. The fraction of sp³-hybridized carbons (Fsp3) is 0.323. The molecule has 0 radical (unpaired) electrons. The smallest absolute Gasteiger partial charge is 0.252 e. The lowest BCUT2D eigenvalue weighted by atomic mass is 9.33. The van der Waals surface area contributed by atoms with E-state index in [2.05, 4.69) is 246 Å². The molecule has 0 bridgehead atoms. The molecule has 0 saturated carbocycles. The summed E-state index contributed by atoms with van der Waals surface area (Å²) in [5.41, 5.74) is 24.8. The summed E-state index contributed by atoms with van der Waals surface area (Å²) < 4.78 is 0. The van der Waals surface area contributed by atoms with E-state index in [1.54, 1.807) is 0 Å². The van der Waals surface area contributed by atoms with E-state index in [0.717, 1.165) is 6.42 Å². The second-order valence-corrected chi connectivity index (χ2v) is 23.9. The van der Waals surface area contributed by atoms with Crippen molar-refractivity contribution in [3.63, 3.8) is 0 Å². The highest BCUT2D eigenvalue weighted by atomic mass is 15.2. The van der Waals surface area contributed by atoms with E-state index in [-0.39, 0.29) is 33.8 Å². The van der Waals surface area contributed by atoms with E-state index < -0.39 is 0 Å². The van der Waals surface area contributed by atoms with Gasteiger partial charge in [-0.05, 0) is 149 Å². The molecule has 0 atom stereocenters. The summed E-state index contributed by atoms with van der Waals surface area (Å²) >= 11 is 0. The van der Waals surface area contributed by atoms with E-state index in [1.165, 1.54) is 106 Å². The molecule has 1 aliphatic carbocycles. The molecule has 2 nitrogen and oxygen atoms in total. The van der Waals surface area contributed by atoms with Gasteiger partial charge >= 0.3 is 0 Å². The third-order valence-electron chi connectivity index (χ3n) is 15.0. The van der Waals surface area contributed by atoms with Crippen LogP contribution in [-0.4, -0.2) is 6.71 Å². The van der Waals surface area contributed by atoms with Crippen molar-refractivity contribution in [2.24, 2.45) is 0 Å². The molecule has 0 unspecified atom stereocenters. The van der Waals surface area contributed by atoms with Crippen molar-refractivity contribution in [3.05, 3.63) is 173 Å². The molecule has 3 heteroatoms. The van der Waals surface area contributed by atoms with Gasteiger partial charge in [0.2, 0.25) is 0 Å². The van der Waals surface area contributed by atoms with Crippen molar-refractivity contribution < 1.29 is 0 Å². The van der Waals surface area contributed by atoms with Crippen LogP contribution in [0.3, 0.4) is 0 Å². The Kier molecular flexibility index (Phi) is 9.69. The molecule has 7 aromatic carbocycles. The second-order valence-electron chi connectivity index (χ2n) is 23.9. The SMILES string of the molecule is Cc1cc(C(C)(C)C)ccc1N1c2ccc(-c3ccccc3)cc2B2c3cc4c(cc3N(c3ccc(C(C)(C)C)cc3-c3ccccc3)c3cc(C(C)(C)C)cc1c32)C(C)(C)CC4(C)C. The van der Waals surface area contributed by atoms with Crippen LogP contribution in [0.1, 0.15) is 130 Å². The Morgan fingerprint density at radius 2 is 0.908 bits per heavy atom. The Bertz CT molecular complexity index is 3020. The van der Waals surface area contributed by atoms with Gasteiger partial charge in [-0.2, -0.15) is 0 Å². The van der Waals surface area contributed by atoms with E-state index in [4.69, 9.17) is 0 Å². The highest BCUT2D eigenvalue weighted by Gasteiger charge is 2.49. The van der Waals surface area contributed by atoms with Crippen molar-refractivity contribution in [2.75, 3.05) is 9.80 Å². The van der Waals surface area contributed by atoms with Gasteiger partial charge in [0.15, 0.2) is 0 Å². The largest absolute Gasteiger partial charge is 0.311 e. The first-order valence-corrected chi connectivity index (χ1v) is 24.0. The fourth-order valence-electron chi connectivity index (χ4n) is 11.6. The molecule has 7 aromatic rings. The summed E-state index contributed by atoms with van der Waals surface area (Å²) in [6, 6.07) is 54.3. The lowest BCUT2D eigenvalue weighted by Crippen LogP contribution is -2.61. The Morgan fingerprint density at radius 3 is 1.48 bits per heavy atom. The van der Waals surface area contributed by atoms with Gasteiger partial charge < -0.3 is 9.80 Å². The summed E-state index contributed by atoms with van der Waals surface area (Å²) in [5, 5.41) is 0. The number of hydrogen-bond donors (Lipinski definition) is 0. The molecule has 0 amide bonds. The van der Waals surface area contributed by atoms with Gasteiger partial charge in [0.1, 0.15) is 0 Å². The van der Waals surface area contributed by atoms with E-state index in [9.17, 15) is 0 Å². The van der Waals surface area contributed by atoms with E-state index in [1.807, 2.05) is 0 Å². The quantitative estimate of drug-likeness (QED) is 0.163. The predicted octanol–water partition coefficient (Wildman–Crippen LogP) is 15.3. The topological polar surface area (TPSA) is 6.48 Å². The molecule has 3 aliphatic rings. The maximum Gasteiger partial charge on any atom is 0.252 e. The lowest BCUT2D eigenvalue weighted by molar-refractivity contribution is 0.403. The van der Waals surface area contributed by atoms with Gasteiger partial charge in [0.25, 0.3) is 6.71 Å². The number of anilines is 6. The van der Waals surface area contributed by atoms with Crippen LogP contribution >= 0.6 is 0 Å². The van der Waals surface area contributed by atoms with Crippen LogP contribution in [0.5, 0.6) is 0 Å². The minimum atomic E-state index is -0.122. The monoisotopic (exact) mass is 851 g/mol. The molecule has 328 valence electrons. The molecule has 2 heterocycles. The highest BCUT2D eigenvalue weighted by molar-refractivity contribution is 7.00. The average Bonchev–Trinajstić information content (AvgIpc) is 3.43. The van der Waals surface area contributed by atoms with Crippen molar-refractivity contribution >= 4 is 57.2 Å². The highest BCUT2D eigenvalue weighted by Crippen LogP contribution is 2.54. The number of nitrogens with zero attached hydrogens (tertiary/aromatic N) is 2. The van der Waals surface area contributed by atoms with Gasteiger partial charge in [-0.3, -0.25) is 0 Å². The van der Waals surface area contributed by atoms with Crippen molar-refractivity contribution in [3.8, 4) is 22.3 Å². The molecule has 0 fully saturated rings. The first-order chi connectivity index (χ1) is 30.5. The fourth-order valence-corrected chi connectivity index (χ4v) is 11.6. The Morgan fingerprint density at radius 1 is 0.415 bits per heavy atom. The molecule has 65 heavy (non-hydrogen) atoms. The third-order valence-corrected chi connectivity index (χ3v) is 15.0. The average molecular weight is 851 g/mol. The van der Waals surface area contributed by atoms with Gasteiger partial charge in [-0.15, -0.1) is 0 Å². The number of rotatable bonds is 4. The first kappa shape index (κ1) is 43.1. The lowest BCUT2D eigenvalue weighted by Gasteiger charge is -2.46. The number of benzene rings is 7. The third kappa shape index (κ3) is 7.08. The van der Waals surface area contributed by atoms with Crippen LogP contribution < -0.4 is 26.2 Å². The minimum Gasteiger partial charge on any atom is -0.311 e. The van der Waals surface area contributed by atoms with Crippen LogP contribution in [0.15, 0.2) is 140 Å². The zero-order valence-corrected chi connectivity index (χ0v) is 41.5. The molecular formula is C62H67BN2. The summed E-state index contributed by atoms with van der Waals surface area (Å²) in [7, 11) is 0. The molecule has 2 aliphatic heterocycles. The van der Waals surface area contributed by atoms with Crippen LogP contribution in [-0.2, 0) is 27.1 Å². The molecule has 0 saturated heterocycles. The molecular weight excluding hydrogens is 784 g/mol. The van der Waals surface area contributed by atoms with Crippen molar-refractivity contribution in [1.29, 1.82) is 0 Å². The first-order valence-electron chi connectivity index (χ1n) is 24.0. The van der Waals surface area contributed by atoms with E-state index in [0.29, 0.717) is 0 Å². The normalized spacial score (nSPS) is 15.9. The maximum absolute atomic E-state index is 2.69. The predicted molar refractivity (Wildman–Crippen MR) is 283 cm³/mol. The zero-order chi connectivity index (χ0) is 46.2. The Hall–Kier alpha value is -5.80. The van der Waals surface area contributed by atoms with Gasteiger partial charge in [-0.25, -0.2) is 0 Å². The van der Waals surface area contributed by atoms with Gasteiger partial charge in [0.05, 0.1) is 5.69 Å².